The number of benzene rings is 1. The molecule has 2 N–H and O–H groups in total. The lowest BCUT2D eigenvalue weighted by molar-refractivity contribution is 0.627. The molecule has 0 aliphatic rings. The second kappa shape index (κ2) is 6.85. The van der Waals surface area contributed by atoms with Gasteiger partial charge in [-0.1, -0.05) is 13.8 Å². The Morgan fingerprint density at radius 2 is 1.95 bits per heavy atom. The van der Waals surface area contributed by atoms with Crippen molar-refractivity contribution >= 4 is 33.3 Å². The van der Waals surface area contributed by atoms with Crippen LogP contribution >= 0.6 is 15.9 Å². The van der Waals surface area contributed by atoms with Crippen molar-refractivity contribution in [3.8, 4) is 0 Å². The maximum atomic E-state index is 13.2. The predicted octanol–water partition coefficient (Wildman–Crippen LogP) is 4.68. The Labute approximate surface area is 132 Å². The number of rotatable bonds is 5. The maximum absolute atomic E-state index is 13.2. The molecule has 0 radical (unpaired) electrons. The van der Waals surface area contributed by atoms with Crippen molar-refractivity contribution in [1.82, 2.24) is 9.97 Å². The van der Waals surface area contributed by atoms with E-state index in [1.165, 1.54) is 18.5 Å². The zero-order valence-corrected chi connectivity index (χ0v) is 13.8. The number of nitrogens with zero attached hydrogens (tertiary/aromatic N) is 2. The summed E-state index contributed by atoms with van der Waals surface area (Å²) in [6.07, 6.45) is 1.52. The summed E-state index contributed by atoms with van der Waals surface area (Å²) < 4.78 is 13.8. The third-order valence-electron chi connectivity index (χ3n) is 2.99. The Bertz CT molecular complexity index is 631. The van der Waals surface area contributed by atoms with Crippen molar-refractivity contribution in [1.29, 1.82) is 0 Å². The van der Waals surface area contributed by atoms with Gasteiger partial charge in [0.05, 0.1) is 5.69 Å². The van der Waals surface area contributed by atoms with Gasteiger partial charge < -0.3 is 10.6 Å². The van der Waals surface area contributed by atoms with Crippen LogP contribution in [0.3, 0.4) is 0 Å². The molecule has 0 spiro atoms. The highest BCUT2D eigenvalue weighted by Crippen LogP contribution is 2.32. The van der Waals surface area contributed by atoms with Gasteiger partial charge in [-0.2, -0.15) is 0 Å². The van der Waals surface area contributed by atoms with E-state index in [9.17, 15) is 4.39 Å². The van der Waals surface area contributed by atoms with Crippen LogP contribution in [0.5, 0.6) is 0 Å². The monoisotopic (exact) mass is 352 g/mol. The molecule has 0 amide bonds. The minimum Gasteiger partial charge on any atom is -0.370 e. The average Bonchev–Trinajstić information content (AvgIpc) is 2.42. The summed E-state index contributed by atoms with van der Waals surface area (Å²) in [5, 5.41) is 6.49. The summed E-state index contributed by atoms with van der Waals surface area (Å²) in [4.78, 5) is 8.62. The zero-order valence-electron chi connectivity index (χ0n) is 12.2. The summed E-state index contributed by atoms with van der Waals surface area (Å²) in [7, 11) is 0. The van der Waals surface area contributed by atoms with E-state index in [4.69, 9.17) is 0 Å². The molecule has 112 valence electrons. The topological polar surface area (TPSA) is 49.8 Å². The Balaban J connectivity index is 2.41. The molecule has 4 nitrogen and oxygen atoms in total. The molecule has 6 heteroatoms. The standard InChI is InChI=1S/C15H18BrFN4/c1-4-18-14-13(9(2)3)15(20-8-19-14)21-12-6-5-10(17)7-11(12)16/h5-9H,4H2,1-3H3,(H2,18,19,20,21). The first kappa shape index (κ1) is 15.7. The van der Waals surface area contributed by atoms with E-state index < -0.39 is 0 Å². The van der Waals surface area contributed by atoms with Crippen LogP contribution < -0.4 is 10.6 Å². The fourth-order valence-electron chi connectivity index (χ4n) is 2.07. The van der Waals surface area contributed by atoms with Gasteiger partial charge in [-0.15, -0.1) is 0 Å². The van der Waals surface area contributed by atoms with Crippen LogP contribution in [-0.4, -0.2) is 16.5 Å². The zero-order chi connectivity index (χ0) is 15.4. The van der Waals surface area contributed by atoms with Crippen molar-refractivity contribution in [2.75, 3.05) is 17.2 Å². The lowest BCUT2D eigenvalue weighted by Crippen LogP contribution is -2.09. The summed E-state index contributed by atoms with van der Waals surface area (Å²) in [5.74, 6) is 1.51. The third-order valence-corrected chi connectivity index (χ3v) is 3.65. The third kappa shape index (κ3) is 3.69. The number of hydrogen-bond donors (Lipinski definition) is 2. The Hall–Kier alpha value is -1.69. The highest BCUT2D eigenvalue weighted by molar-refractivity contribution is 9.10. The van der Waals surface area contributed by atoms with Crippen LogP contribution in [0.1, 0.15) is 32.3 Å². The van der Waals surface area contributed by atoms with E-state index >= 15 is 0 Å². The first-order chi connectivity index (χ1) is 10.0. The Kier molecular flexibility index (Phi) is 5.12. The van der Waals surface area contributed by atoms with Gasteiger partial charge in [0.25, 0.3) is 0 Å². The SMILES string of the molecule is CCNc1ncnc(Nc2ccc(F)cc2Br)c1C(C)C. The molecule has 1 heterocycles. The molecule has 1 aromatic heterocycles. The van der Waals surface area contributed by atoms with Crippen LogP contribution in [-0.2, 0) is 0 Å². The lowest BCUT2D eigenvalue weighted by Gasteiger charge is -2.18. The van der Waals surface area contributed by atoms with Gasteiger partial charge >= 0.3 is 0 Å². The first-order valence-corrected chi connectivity index (χ1v) is 7.63. The summed E-state index contributed by atoms with van der Waals surface area (Å²) in [5.41, 5.74) is 1.77. The van der Waals surface area contributed by atoms with Gasteiger partial charge in [-0.05, 0) is 47.0 Å². The fourth-order valence-corrected chi connectivity index (χ4v) is 2.52. The van der Waals surface area contributed by atoms with Gasteiger partial charge in [0.2, 0.25) is 0 Å². The molecule has 0 saturated heterocycles. The molecule has 0 aliphatic heterocycles. The number of nitrogens with one attached hydrogen (secondary N) is 2. The van der Waals surface area contributed by atoms with Crippen molar-refractivity contribution in [2.45, 2.75) is 26.7 Å². The molecule has 0 saturated carbocycles. The summed E-state index contributed by atoms with van der Waals surface area (Å²) in [6, 6.07) is 4.51. The predicted molar refractivity (Wildman–Crippen MR) is 87.7 cm³/mol. The number of hydrogen-bond acceptors (Lipinski definition) is 4. The maximum Gasteiger partial charge on any atom is 0.139 e. The Morgan fingerprint density at radius 3 is 2.57 bits per heavy atom. The minimum absolute atomic E-state index is 0.252. The molecule has 21 heavy (non-hydrogen) atoms. The normalized spacial score (nSPS) is 10.8. The smallest absolute Gasteiger partial charge is 0.139 e. The number of anilines is 3. The number of aromatic nitrogens is 2. The number of halogens is 2. The van der Waals surface area contributed by atoms with Crippen LogP contribution in [0, 0.1) is 5.82 Å². The van der Waals surface area contributed by atoms with Crippen molar-refractivity contribution < 1.29 is 4.39 Å². The van der Waals surface area contributed by atoms with E-state index in [0.717, 1.165) is 29.4 Å². The fraction of sp³-hybridized carbons (Fsp3) is 0.333. The molecule has 1 aromatic carbocycles. The van der Waals surface area contributed by atoms with Crippen molar-refractivity contribution in [3.63, 3.8) is 0 Å². The van der Waals surface area contributed by atoms with Gasteiger partial charge in [0, 0.05) is 16.6 Å². The van der Waals surface area contributed by atoms with Gasteiger partial charge in [-0.25, -0.2) is 14.4 Å². The van der Waals surface area contributed by atoms with Gasteiger partial charge in [0.1, 0.15) is 23.8 Å². The van der Waals surface area contributed by atoms with E-state index in [0.29, 0.717) is 4.47 Å². The molecular formula is C15H18BrFN4. The molecule has 2 rings (SSSR count). The first-order valence-electron chi connectivity index (χ1n) is 6.83. The molecule has 0 aliphatic carbocycles. The largest absolute Gasteiger partial charge is 0.370 e. The molecule has 0 atom stereocenters. The molecule has 0 unspecified atom stereocenters. The van der Waals surface area contributed by atoms with E-state index in [2.05, 4.69) is 50.4 Å². The minimum atomic E-state index is -0.285. The van der Waals surface area contributed by atoms with E-state index in [1.807, 2.05) is 6.92 Å². The Morgan fingerprint density at radius 1 is 1.24 bits per heavy atom. The molecule has 2 aromatic rings. The second-order valence-electron chi connectivity index (χ2n) is 4.92. The van der Waals surface area contributed by atoms with Crippen LogP contribution in [0.15, 0.2) is 29.0 Å². The quantitative estimate of drug-likeness (QED) is 0.820. The van der Waals surface area contributed by atoms with Gasteiger partial charge in [0.15, 0.2) is 0 Å². The van der Waals surface area contributed by atoms with E-state index in [-0.39, 0.29) is 11.7 Å². The average molecular weight is 353 g/mol. The van der Waals surface area contributed by atoms with Crippen LogP contribution in [0.2, 0.25) is 0 Å². The summed E-state index contributed by atoms with van der Waals surface area (Å²) in [6.45, 7) is 6.99. The highest BCUT2D eigenvalue weighted by Gasteiger charge is 2.15. The molecule has 0 bridgehead atoms. The van der Waals surface area contributed by atoms with Crippen LogP contribution in [0.25, 0.3) is 0 Å². The van der Waals surface area contributed by atoms with Crippen molar-refractivity contribution in [3.05, 3.63) is 40.4 Å². The van der Waals surface area contributed by atoms with Crippen molar-refractivity contribution in [2.24, 2.45) is 0 Å². The molecular weight excluding hydrogens is 335 g/mol. The summed E-state index contributed by atoms with van der Waals surface area (Å²) >= 11 is 3.35. The molecule has 0 fully saturated rings. The van der Waals surface area contributed by atoms with Gasteiger partial charge in [-0.3, -0.25) is 0 Å². The second-order valence-corrected chi connectivity index (χ2v) is 5.77. The van der Waals surface area contributed by atoms with E-state index in [1.54, 1.807) is 6.07 Å². The lowest BCUT2D eigenvalue weighted by atomic mass is 10.0. The van der Waals surface area contributed by atoms with Crippen LogP contribution in [0.4, 0.5) is 21.7 Å². The highest BCUT2D eigenvalue weighted by atomic mass is 79.9.